The Morgan fingerprint density at radius 1 is 1.10 bits per heavy atom. The number of carbonyl (C=O) groups is 1. The van der Waals surface area contributed by atoms with Crippen LogP contribution in [-0.2, 0) is 4.79 Å². The van der Waals surface area contributed by atoms with Crippen molar-refractivity contribution in [1.82, 2.24) is 5.32 Å². The number of hydrogen-bond acceptors (Lipinski definition) is 3. The van der Waals surface area contributed by atoms with Crippen molar-refractivity contribution in [2.45, 2.75) is 19.8 Å². The van der Waals surface area contributed by atoms with Crippen LogP contribution in [0, 0.1) is 0 Å². The molecular weight excluding hydrogens is 266 g/mol. The summed E-state index contributed by atoms with van der Waals surface area (Å²) in [5, 5.41) is 4.96. The SMILES string of the molecule is CCCCNC(=O)COc1ccc2ccc(OC)cc2c1. The highest BCUT2D eigenvalue weighted by atomic mass is 16.5. The minimum absolute atomic E-state index is 0.0409. The van der Waals surface area contributed by atoms with Crippen molar-refractivity contribution < 1.29 is 14.3 Å². The second kappa shape index (κ2) is 7.53. The molecule has 0 aromatic heterocycles. The summed E-state index contributed by atoms with van der Waals surface area (Å²) in [6.45, 7) is 2.83. The average molecular weight is 287 g/mol. The van der Waals surface area contributed by atoms with Crippen molar-refractivity contribution in [3.05, 3.63) is 36.4 Å². The molecule has 0 aliphatic rings. The molecule has 0 bridgehead atoms. The van der Waals surface area contributed by atoms with E-state index in [1.807, 2.05) is 36.4 Å². The number of benzene rings is 2. The predicted molar refractivity (Wildman–Crippen MR) is 83.9 cm³/mol. The number of ether oxygens (including phenoxy) is 2. The number of hydrogen-bond donors (Lipinski definition) is 1. The number of methoxy groups -OCH3 is 1. The third kappa shape index (κ3) is 4.38. The molecule has 4 heteroatoms. The molecule has 0 saturated carbocycles. The van der Waals surface area contributed by atoms with E-state index in [9.17, 15) is 4.79 Å². The monoisotopic (exact) mass is 287 g/mol. The van der Waals surface area contributed by atoms with E-state index in [-0.39, 0.29) is 12.5 Å². The molecular formula is C17H21NO3. The van der Waals surface area contributed by atoms with Crippen molar-refractivity contribution in [2.75, 3.05) is 20.3 Å². The molecule has 2 aromatic rings. The Morgan fingerprint density at radius 2 is 1.81 bits per heavy atom. The molecule has 21 heavy (non-hydrogen) atoms. The van der Waals surface area contributed by atoms with E-state index in [4.69, 9.17) is 9.47 Å². The Hall–Kier alpha value is -2.23. The van der Waals surface area contributed by atoms with Gasteiger partial charge in [0.15, 0.2) is 6.61 Å². The van der Waals surface area contributed by atoms with Crippen molar-refractivity contribution in [3.8, 4) is 11.5 Å². The second-order valence-electron chi connectivity index (χ2n) is 4.87. The summed E-state index contributed by atoms with van der Waals surface area (Å²) < 4.78 is 10.7. The first-order valence-corrected chi connectivity index (χ1v) is 7.20. The lowest BCUT2D eigenvalue weighted by Gasteiger charge is -2.08. The van der Waals surface area contributed by atoms with Gasteiger partial charge in [-0.05, 0) is 41.5 Å². The highest BCUT2D eigenvalue weighted by Gasteiger charge is 2.03. The summed E-state index contributed by atoms with van der Waals surface area (Å²) >= 11 is 0. The van der Waals surface area contributed by atoms with Crippen molar-refractivity contribution in [3.63, 3.8) is 0 Å². The molecule has 0 fully saturated rings. The van der Waals surface area contributed by atoms with E-state index in [1.54, 1.807) is 7.11 Å². The van der Waals surface area contributed by atoms with Crippen LogP contribution in [0.3, 0.4) is 0 Å². The summed E-state index contributed by atoms with van der Waals surface area (Å²) in [7, 11) is 1.64. The van der Waals surface area contributed by atoms with Crippen molar-refractivity contribution in [1.29, 1.82) is 0 Å². The number of nitrogens with one attached hydrogen (secondary N) is 1. The fourth-order valence-corrected chi connectivity index (χ4v) is 2.02. The summed E-state index contributed by atoms with van der Waals surface area (Å²) in [5.74, 6) is 1.40. The van der Waals surface area contributed by atoms with Crippen LogP contribution in [0.4, 0.5) is 0 Å². The topological polar surface area (TPSA) is 47.6 Å². The average Bonchev–Trinajstić information content (AvgIpc) is 2.52. The van der Waals surface area contributed by atoms with Gasteiger partial charge < -0.3 is 14.8 Å². The van der Waals surface area contributed by atoms with Crippen molar-refractivity contribution in [2.24, 2.45) is 0 Å². The number of amides is 1. The van der Waals surface area contributed by atoms with Crippen LogP contribution in [0.2, 0.25) is 0 Å². The van der Waals surface area contributed by atoms with Gasteiger partial charge in [0, 0.05) is 6.54 Å². The minimum atomic E-state index is -0.0887. The third-order valence-electron chi connectivity index (χ3n) is 3.24. The van der Waals surface area contributed by atoms with Crippen LogP contribution in [0.15, 0.2) is 36.4 Å². The highest BCUT2D eigenvalue weighted by Crippen LogP contribution is 2.24. The quantitative estimate of drug-likeness (QED) is 0.796. The first-order valence-electron chi connectivity index (χ1n) is 7.20. The maximum Gasteiger partial charge on any atom is 0.257 e. The first kappa shape index (κ1) is 15.2. The van der Waals surface area contributed by atoms with Gasteiger partial charge in [-0.15, -0.1) is 0 Å². The van der Waals surface area contributed by atoms with Gasteiger partial charge in [-0.3, -0.25) is 4.79 Å². The van der Waals surface area contributed by atoms with Gasteiger partial charge in [-0.25, -0.2) is 0 Å². The Balaban J connectivity index is 1.97. The fraction of sp³-hybridized carbons (Fsp3) is 0.353. The molecule has 0 aliphatic heterocycles. The van der Waals surface area contributed by atoms with E-state index >= 15 is 0 Å². The van der Waals surface area contributed by atoms with E-state index in [0.717, 1.165) is 29.4 Å². The number of unbranched alkanes of at least 4 members (excludes halogenated alkanes) is 1. The third-order valence-corrected chi connectivity index (χ3v) is 3.24. The van der Waals surface area contributed by atoms with Crippen LogP contribution in [0.25, 0.3) is 10.8 Å². The molecule has 0 heterocycles. The van der Waals surface area contributed by atoms with Crippen LogP contribution < -0.4 is 14.8 Å². The van der Waals surface area contributed by atoms with E-state index in [0.29, 0.717) is 12.3 Å². The summed E-state index contributed by atoms with van der Waals surface area (Å²) in [4.78, 5) is 11.6. The Kier molecular flexibility index (Phi) is 5.43. The normalized spacial score (nSPS) is 10.4. The molecule has 0 radical (unpaired) electrons. The van der Waals surface area contributed by atoms with Gasteiger partial charge in [0.1, 0.15) is 11.5 Å². The largest absolute Gasteiger partial charge is 0.497 e. The van der Waals surface area contributed by atoms with Crippen LogP contribution in [0.5, 0.6) is 11.5 Å². The summed E-state index contributed by atoms with van der Waals surface area (Å²) in [5.41, 5.74) is 0. The number of rotatable bonds is 7. The number of fused-ring (bicyclic) bond motifs is 1. The molecule has 0 aliphatic carbocycles. The Labute approximate surface area is 125 Å². The lowest BCUT2D eigenvalue weighted by atomic mass is 10.1. The van der Waals surface area contributed by atoms with E-state index in [2.05, 4.69) is 12.2 Å². The van der Waals surface area contributed by atoms with Gasteiger partial charge >= 0.3 is 0 Å². The molecule has 0 unspecified atom stereocenters. The number of carbonyl (C=O) groups excluding carboxylic acids is 1. The minimum Gasteiger partial charge on any atom is -0.497 e. The van der Waals surface area contributed by atoms with Crippen molar-refractivity contribution >= 4 is 16.7 Å². The molecule has 2 rings (SSSR count). The molecule has 2 aromatic carbocycles. The molecule has 1 N–H and O–H groups in total. The second-order valence-corrected chi connectivity index (χ2v) is 4.87. The van der Waals surface area contributed by atoms with Gasteiger partial charge in [0.05, 0.1) is 7.11 Å². The van der Waals surface area contributed by atoms with Gasteiger partial charge in [0.25, 0.3) is 5.91 Å². The van der Waals surface area contributed by atoms with Crippen LogP contribution in [0.1, 0.15) is 19.8 Å². The fourth-order valence-electron chi connectivity index (χ4n) is 2.02. The predicted octanol–water partition coefficient (Wildman–Crippen LogP) is 3.14. The highest BCUT2D eigenvalue weighted by molar-refractivity contribution is 5.85. The smallest absolute Gasteiger partial charge is 0.257 e. The summed E-state index contributed by atoms with van der Waals surface area (Å²) in [6.07, 6.45) is 2.05. The maximum absolute atomic E-state index is 11.6. The maximum atomic E-state index is 11.6. The Bertz CT molecular complexity index is 610. The Morgan fingerprint density at radius 3 is 2.52 bits per heavy atom. The zero-order valence-corrected chi connectivity index (χ0v) is 12.5. The van der Waals surface area contributed by atoms with E-state index in [1.165, 1.54) is 0 Å². The molecule has 1 amide bonds. The van der Waals surface area contributed by atoms with Crippen LogP contribution >= 0.6 is 0 Å². The zero-order valence-electron chi connectivity index (χ0n) is 12.5. The molecule has 4 nitrogen and oxygen atoms in total. The molecule has 0 atom stereocenters. The van der Waals surface area contributed by atoms with E-state index < -0.39 is 0 Å². The zero-order chi connectivity index (χ0) is 15.1. The lowest BCUT2D eigenvalue weighted by molar-refractivity contribution is -0.123. The molecule has 112 valence electrons. The molecule has 0 saturated heterocycles. The van der Waals surface area contributed by atoms with Gasteiger partial charge in [-0.2, -0.15) is 0 Å². The van der Waals surface area contributed by atoms with Gasteiger partial charge in [0.2, 0.25) is 0 Å². The van der Waals surface area contributed by atoms with Crippen LogP contribution in [-0.4, -0.2) is 26.2 Å². The summed E-state index contributed by atoms with van der Waals surface area (Å²) in [6, 6.07) is 11.6. The lowest BCUT2D eigenvalue weighted by Crippen LogP contribution is -2.29. The first-order chi connectivity index (χ1) is 10.2. The standard InChI is InChI=1S/C17H21NO3/c1-3-4-9-18-17(19)12-21-16-8-6-13-5-7-15(20-2)10-14(13)11-16/h5-8,10-11H,3-4,9,12H2,1-2H3,(H,18,19). The molecule has 0 spiro atoms. The van der Waals surface area contributed by atoms with Gasteiger partial charge in [-0.1, -0.05) is 25.5 Å².